The molecule has 4 aromatic carbocycles. The number of anilines is 3. The molecule has 0 spiro atoms. The van der Waals surface area contributed by atoms with Gasteiger partial charge in [0.05, 0.1) is 17.3 Å². The first-order valence-electron chi connectivity index (χ1n) is 44.8. The summed E-state index contributed by atoms with van der Waals surface area (Å²) in [7, 11) is 0. The Kier molecular flexibility index (Phi) is 80.3. The van der Waals surface area contributed by atoms with Gasteiger partial charge < -0.3 is 19.6 Å². The van der Waals surface area contributed by atoms with E-state index in [1.807, 2.05) is 272 Å². The molecule has 648 valence electrons. The number of benzene rings is 4. The summed E-state index contributed by atoms with van der Waals surface area (Å²) in [5.41, 5.74) is 9.06. The Balaban J connectivity index is -0.000000118. The highest BCUT2D eigenvalue weighted by Crippen LogP contribution is 2.48. The van der Waals surface area contributed by atoms with Crippen molar-refractivity contribution >= 4 is 46.4 Å². The van der Waals surface area contributed by atoms with E-state index in [4.69, 9.17) is 4.99 Å². The van der Waals surface area contributed by atoms with E-state index >= 15 is 0 Å². The van der Waals surface area contributed by atoms with Crippen molar-refractivity contribution in [2.24, 2.45) is 38.5 Å². The fourth-order valence-electron chi connectivity index (χ4n) is 12.1. The predicted molar refractivity (Wildman–Crippen MR) is 509 cm³/mol. The van der Waals surface area contributed by atoms with Gasteiger partial charge in [0, 0.05) is 63.6 Å². The molecule has 0 aliphatic carbocycles. The lowest BCUT2D eigenvalue weighted by Gasteiger charge is -2.40. The van der Waals surface area contributed by atoms with Gasteiger partial charge in [0.1, 0.15) is 6.04 Å². The highest BCUT2D eigenvalue weighted by Gasteiger charge is 2.45. The third-order valence-electron chi connectivity index (χ3n) is 16.1. The van der Waals surface area contributed by atoms with E-state index in [-0.39, 0.29) is 85.8 Å². The van der Waals surface area contributed by atoms with E-state index in [1.54, 1.807) is 0 Å². The van der Waals surface area contributed by atoms with Crippen LogP contribution in [0, 0.1) is 33.5 Å². The Morgan fingerprint density at radius 1 is 0.336 bits per heavy atom. The van der Waals surface area contributed by atoms with Crippen LogP contribution in [0.1, 0.15) is 422 Å². The molecular formula is C101H195N5O4. The number of benzodiazepines with no additional fused rings is 1. The third-order valence-corrected chi connectivity index (χ3v) is 16.1. The molecule has 4 aromatic rings. The molecule has 9 nitrogen and oxygen atoms in total. The first-order valence-corrected chi connectivity index (χ1v) is 44.8. The third kappa shape index (κ3) is 43.1. The van der Waals surface area contributed by atoms with Gasteiger partial charge in [-0.1, -0.05) is 376 Å². The number of carbonyl (C=O) groups is 4. The number of likely N-dealkylation sites (tertiary alicyclic amines) is 1. The lowest BCUT2D eigenvalue weighted by molar-refractivity contribution is -0.143. The molecule has 1 fully saturated rings. The van der Waals surface area contributed by atoms with Crippen molar-refractivity contribution in [1.82, 2.24) is 4.90 Å². The smallest absolute Gasteiger partial charge is 0.252 e. The first kappa shape index (κ1) is 128. The topological polar surface area (TPSA) is 93.6 Å². The maximum absolute atomic E-state index is 13.5. The number of rotatable bonds is 1. The standard InChI is InChI=1S/C21H25NO.C18H26N2O.C18H27NO.C14H27NO.15C2H6/c1-14(2)22-18-13-9-8-11-16(18)15-10-6-7-12-17(15)19(20(22)23)21(3,4)5;1-12-13-10-8-9-11-14(13)20(18(5,6)7)16(21)15(19-12)17(2,3)4;1-17(2,3)14-12-11-13-9-7-8-10-15(13)19(16(14)20)18(4,5)6;1-13(2,3)11-9-7-8-10-15(12(11)16)14(4,5)6;15*1-2/h6-14,19H,1-5H3;8-11,15H,1-7H3;7-10,14H,11-12H2,1-6H3;11H,7-10H2,1-6H3;15*1-2H3. The molecule has 9 heteroatoms. The van der Waals surface area contributed by atoms with Crippen LogP contribution in [0.2, 0.25) is 0 Å². The number of nitrogens with zero attached hydrogens (tertiary/aromatic N) is 5. The van der Waals surface area contributed by atoms with Crippen molar-refractivity contribution in [2.45, 2.75) is 441 Å². The fourth-order valence-corrected chi connectivity index (χ4v) is 12.1. The largest absolute Gasteiger partial charge is 0.338 e. The Bertz CT molecular complexity index is 2820. The number of carbonyl (C=O) groups excluding carboxylic acids is 4. The zero-order chi connectivity index (χ0) is 90.5. The van der Waals surface area contributed by atoms with Gasteiger partial charge in [-0.2, -0.15) is 0 Å². The average molecular weight is 1540 g/mol. The summed E-state index contributed by atoms with van der Waals surface area (Å²) in [6.07, 6.45) is 5.30. The summed E-state index contributed by atoms with van der Waals surface area (Å²) in [6, 6.07) is 32.8. The molecule has 0 radical (unpaired) electrons. The Hall–Kier alpha value is -5.57. The van der Waals surface area contributed by atoms with Gasteiger partial charge >= 0.3 is 0 Å². The minimum absolute atomic E-state index is 0.00261. The van der Waals surface area contributed by atoms with Gasteiger partial charge in [0.15, 0.2) is 0 Å². The van der Waals surface area contributed by atoms with Crippen LogP contribution in [-0.2, 0) is 25.6 Å². The molecular weight excluding hydrogens is 1350 g/mol. The number of hydrogen-bond donors (Lipinski definition) is 0. The van der Waals surface area contributed by atoms with Crippen LogP contribution in [0.25, 0.3) is 11.1 Å². The quantitative estimate of drug-likeness (QED) is 0.190. The Morgan fingerprint density at radius 2 is 0.673 bits per heavy atom. The first-order chi connectivity index (χ1) is 51.6. The van der Waals surface area contributed by atoms with Gasteiger partial charge in [-0.05, 0) is 165 Å². The van der Waals surface area contributed by atoms with Crippen molar-refractivity contribution in [3.63, 3.8) is 0 Å². The SMILES string of the molecule is CC.CC.CC.CC.CC.CC.CC.CC.CC.CC.CC.CC.CC.CC.CC.CC(C)(C)C1CCCCN(C(C)(C)C)C1=O.CC(C)(C)C1CCc2ccccc2N(C(C)(C)C)C1=O.CC(C)N1C(=O)C(C(C)(C)C)c2ccccc2-c2ccccc21.CC1=NC(C(C)(C)C)C(=O)N(C(C)(C)C)c2ccccc21. The van der Waals surface area contributed by atoms with Crippen molar-refractivity contribution in [2.75, 3.05) is 21.2 Å². The van der Waals surface area contributed by atoms with E-state index in [0.29, 0.717) is 5.91 Å². The van der Waals surface area contributed by atoms with Crippen molar-refractivity contribution in [3.05, 3.63) is 114 Å². The van der Waals surface area contributed by atoms with Gasteiger partial charge in [0.2, 0.25) is 17.7 Å². The predicted octanol–water partition coefficient (Wildman–Crippen LogP) is 32.6. The summed E-state index contributed by atoms with van der Waals surface area (Å²) in [5.74, 6) is 1.04. The molecule has 4 aliphatic heterocycles. The summed E-state index contributed by atoms with van der Waals surface area (Å²) in [5, 5.41) is 0. The van der Waals surface area contributed by atoms with Crippen molar-refractivity contribution < 1.29 is 19.2 Å². The monoisotopic (exact) mass is 1540 g/mol. The minimum atomic E-state index is -0.357. The maximum Gasteiger partial charge on any atom is 0.252 e. The summed E-state index contributed by atoms with van der Waals surface area (Å²) < 4.78 is 0. The maximum atomic E-state index is 13.5. The molecule has 0 bridgehead atoms. The zero-order valence-corrected chi connectivity index (χ0v) is 84.2. The number of amides is 4. The van der Waals surface area contributed by atoms with E-state index in [9.17, 15) is 19.2 Å². The molecule has 0 saturated carbocycles. The molecule has 0 N–H and O–H groups in total. The number of hydrogen-bond acceptors (Lipinski definition) is 5. The molecule has 4 atom stereocenters. The summed E-state index contributed by atoms with van der Waals surface area (Å²) >= 11 is 0. The van der Waals surface area contributed by atoms with Crippen molar-refractivity contribution in [1.29, 1.82) is 0 Å². The van der Waals surface area contributed by atoms with Crippen LogP contribution in [0.15, 0.2) is 102 Å². The second-order valence-electron chi connectivity index (χ2n) is 30.6. The van der Waals surface area contributed by atoms with Crippen LogP contribution in [0.5, 0.6) is 0 Å². The lowest BCUT2D eigenvalue weighted by atomic mass is 9.74. The lowest BCUT2D eigenvalue weighted by Crippen LogP contribution is -2.52. The van der Waals surface area contributed by atoms with E-state index in [1.165, 1.54) is 17.5 Å². The molecule has 4 unspecified atom stereocenters. The van der Waals surface area contributed by atoms with E-state index in [2.05, 4.69) is 219 Å². The zero-order valence-electron chi connectivity index (χ0n) is 84.2. The molecule has 0 aromatic heterocycles. The van der Waals surface area contributed by atoms with Crippen molar-refractivity contribution in [3.8, 4) is 11.1 Å². The second-order valence-corrected chi connectivity index (χ2v) is 30.6. The number of aliphatic imine (C=N–C) groups is 1. The molecule has 4 amide bonds. The van der Waals surface area contributed by atoms with Crippen LogP contribution in [-0.4, -0.2) is 69.5 Å². The number of aryl methyl sites for hydroxylation is 1. The van der Waals surface area contributed by atoms with Crippen LogP contribution >= 0.6 is 0 Å². The van der Waals surface area contributed by atoms with Gasteiger partial charge in [-0.25, -0.2) is 0 Å². The molecule has 1 saturated heterocycles. The van der Waals surface area contributed by atoms with Crippen LogP contribution in [0.4, 0.5) is 17.1 Å². The normalized spacial score (nSPS) is 15.6. The summed E-state index contributed by atoms with van der Waals surface area (Å²) in [6.45, 7) is 112. The van der Waals surface area contributed by atoms with Gasteiger partial charge in [-0.3, -0.25) is 24.2 Å². The van der Waals surface area contributed by atoms with Gasteiger partial charge in [-0.15, -0.1) is 0 Å². The average Bonchev–Trinajstić information content (AvgIpc) is 1.61. The van der Waals surface area contributed by atoms with E-state index < -0.39 is 0 Å². The molecule has 4 aliphatic rings. The van der Waals surface area contributed by atoms with Gasteiger partial charge in [0.25, 0.3) is 5.91 Å². The molecule has 4 heterocycles. The highest BCUT2D eigenvalue weighted by molar-refractivity contribution is 6.12. The van der Waals surface area contributed by atoms with Crippen LogP contribution in [0.3, 0.4) is 0 Å². The fraction of sp³-hybridized carbons (Fsp3) is 0.713. The highest BCUT2D eigenvalue weighted by atomic mass is 16.2. The number of para-hydroxylation sites is 3. The Morgan fingerprint density at radius 3 is 1.04 bits per heavy atom. The van der Waals surface area contributed by atoms with Crippen LogP contribution < -0.4 is 14.7 Å². The van der Waals surface area contributed by atoms with E-state index in [0.717, 1.165) is 71.7 Å². The Labute approximate surface area is 691 Å². The molecule has 8 rings (SSSR count). The number of fused-ring (bicyclic) bond motifs is 5. The summed E-state index contributed by atoms with van der Waals surface area (Å²) in [4.78, 5) is 65.1. The minimum Gasteiger partial charge on any atom is -0.338 e. The molecule has 110 heavy (non-hydrogen) atoms. The second kappa shape index (κ2) is 69.0.